The van der Waals surface area contributed by atoms with Crippen LogP contribution in [0.4, 0.5) is 10.1 Å². The standard InChI is InChI=1S/C19H16ClFN2O4/c1-22(9-12-13(20)3-2-4-14(12)21)10-23-15-8-17-16(26-5-6-27-17)7-11(15)18(24)19(23)25/h2-4,7-8H,5-6,9-10H2,1H3. The quantitative estimate of drug-likeness (QED) is 0.751. The summed E-state index contributed by atoms with van der Waals surface area (Å²) in [6.45, 7) is 1.08. The highest BCUT2D eigenvalue weighted by atomic mass is 35.5. The fourth-order valence-electron chi connectivity index (χ4n) is 3.22. The van der Waals surface area contributed by atoms with Crippen molar-refractivity contribution >= 4 is 29.0 Å². The van der Waals surface area contributed by atoms with E-state index < -0.39 is 17.5 Å². The van der Waals surface area contributed by atoms with Gasteiger partial charge in [0.25, 0.3) is 5.78 Å². The van der Waals surface area contributed by atoms with E-state index in [9.17, 15) is 14.0 Å². The number of anilines is 1. The van der Waals surface area contributed by atoms with Crippen molar-refractivity contribution in [3.63, 3.8) is 0 Å². The Morgan fingerprint density at radius 1 is 1.19 bits per heavy atom. The van der Waals surface area contributed by atoms with Gasteiger partial charge in [-0.3, -0.25) is 19.4 Å². The molecule has 4 rings (SSSR count). The fraction of sp³-hybridized carbons (Fsp3) is 0.263. The zero-order valence-electron chi connectivity index (χ0n) is 14.5. The average Bonchev–Trinajstić information content (AvgIpc) is 2.88. The van der Waals surface area contributed by atoms with Gasteiger partial charge in [0.05, 0.1) is 17.9 Å². The Balaban J connectivity index is 1.60. The maximum atomic E-state index is 14.0. The molecule has 0 spiro atoms. The van der Waals surface area contributed by atoms with Gasteiger partial charge in [-0.25, -0.2) is 4.39 Å². The number of Topliss-reactive ketones (excluding diaryl/α,β-unsaturated/α-hetero) is 1. The Labute approximate surface area is 160 Å². The van der Waals surface area contributed by atoms with E-state index in [1.54, 1.807) is 24.1 Å². The third-order valence-electron chi connectivity index (χ3n) is 4.51. The number of hydrogen-bond donors (Lipinski definition) is 0. The maximum absolute atomic E-state index is 14.0. The minimum atomic E-state index is -0.640. The number of ketones is 1. The molecule has 1 amide bonds. The lowest BCUT2D eigenvalue weighted by Gasteiger charge is -2.26. The van der Waals surface area contributed by atoms with Gasteiger partial charge < -0.3 is 9.47 Å². The summed E-state index contributed by atoms with van der Waals surface area (Å²) in [4.78, 5) is 27.9. The van der Waals surface area contributed by atoms with Crippen LogP contribution in [-0.2, 0) is 11.3 Å². The SMILES string of the molecule is CN(Cc1c(F)cccc1Cl)CN1C(=O)C(=O)c2cc3c(cc21)OCCO3. The first kappa shape index (κ1) is 17.8. The second kappa shape index (κ2) is 6.83. The topological polar surface area (TPSA) is 59.1 Å². The van der Waals surface area contributed by atoms with E-state index in [2.05, 4.69) is 0 Å². The molecule has 0 saturated heterocycles. The van der Waals surface area contributed by atoms with E-state index in [-0.39, 0.29) is 18.8 Å². The van der Waals surface area contributed by atoms with Gasteiger partial charge in [-0.1, -0.05) is 17.7 Å². The summed E-state index contributed by atoms with van der Waals surface area (Å²) in [7, 11) is 1.72. The van der Waals surface area contributed by atoms with Crippen LogP contribution < -0.4 is 14.4 Å². The molecule has 0 aliphatic carbocycles. The molecule has 2 aliphatic rings. The number of carbonyl (C=O) groups excluding carboxylic acids is 2. The Kier molecular flexibility index (Phi) is 4.49. The summed E-state index contributed by atoms with van der Waals surface area (Å²) < 4.78 is 25.0. The van der Waals surface area contributed by atoms with E-state index in [4.69, 9.17) is 21.1 Å². The van der Waals surface area contributed by atoms with Crippen LogP contribution in [0.15, 0.2) is 30.3 Å². The monoisotopic (exact) mass is 390 g/mol. The third kappa shape index (κ3) is 3.13. The molecule has 6 nitrogen and oxygen atoms in total. The number of nitrogens with zero attached hydrogens (tertiary/aromatic N) is 2. The lowest BCUT2D eigenvalue weighted by atomic mass is 10.1. The van der Waals surface area contributed by atoms with Crippen molar-refractivity contribution in [3.8, 4) is 11.5 Å². The number of halogens is 2. The van der Waals surface area contributed by atoms with E-state index in [1.807, 2.05) is 0 Å². The highest BCUT2D eigenvalue weighted by Gasteiger charge is 2.38. The number of benzene rings is 2. The molecule has 0 N–H and O–H groups in total. The van der Waals surface area contributed by atoms with Gasteiger partial charge >= 0.3 is 5.91 Å². The van der Waals surface area contributed by atoms with Gasteiger partial charge in [-0.15, -0.1) is 0 Å². The van der Waals surface area contributed by atoms with E-state index in [0.717, 1.165) is 0 Å². The summed E-state index contributed by atoms with van der Waals surface area (Å²) in [5.41, 5.74) is 1.07. The second-order valence-corrected chi connectivity index (χ2v) is 6.84. The Morgan fingerprint density at radius 2 is 1.89 bits per heavy atom. The zero-order valence-corrected chi connectivity index (χ0v) is 15.3. The lowest BCUT2D eigenvalue weighted by Crippen LogP contribution is -2.39. The lowest BCUT2D eigenvalue weighted by molar-refractivity contribution is -0.114. The molecule has 140 valence electrons. The molecule has 2 aromatic carbocycles. The van der Waals surface area contributed by atoms with Gasteiger partial charge in [0, 0.05) is 23.2 Å². The van der Waals surface area contributed by atoms with E-state index >= 15 is 0 Å². The average molecular weight is 391 g/mol. The van der Waals surface area contributed by atoms with E-state index in [0.29, 0.717) is 41.0 Å². The number of amides is 1. The molecule has 0 saturated carbocycles. The Bertz CT molecular complexity index is 929. The van der Waals surface area contributed by atoms with Crippen LogP contribution in [0.3, 0.4) is 0 Å². The van der Waals surface area contributed by atoms with Gasteiger partial charge in [0.2, 0.25) is 0 Å². The van der Waals surface area contributed by atoms with Crippen molar-refractivity contribution in [1.82, 2.24) is 4.90 Å². The molecule has 8 heteroatoms. The molecular weight excluding hydrogens is 375 g/mol. The Hall–Kier alpha value is -2.64. The molecule has 0 aromatic heterocycles. The van der Waals surface area contributed by atoms with Crippen LogP contribution in [0.5, 0.6) is 11.5 Å². The molecule has 27 heavy (non-hydrogen) atoms. The van der Waals surface area contributed by atoms with Crippen LogP contribution in [-0.4, -0.2) is 43.5 Å². The predicted molar refractivity (Wildman–Crippen MR) is 97.0 cm³/mol. The summed E-state index contributed by atoms with van der Waals surface area (Å²) in [6, 6.07) is 7.65. The summed E-state index contributed by atoms with van der Waals surface area (Å²) in [5, 5.41) is 0.311. The van der Waals surface area contributed by atoms with Gasteiger partial charge in [0.1, 0.15) is 19.0 Å². The van der Waals surface area contributed by atoms with Crippen LogP contribution in [0.25, 0.3) is 0 Å². The molecular formula is C19H16ClFN2O4. The number of rotatable bonds is 4. The molecule has 0 unspecified atom stereocenters. The van der Waals surface area contributed by atoms with Crippen molar-refractivity contribution in [3.05, 3.63) is 52.3 Å². The predicted octanol–water partition coefficient (Wildman–Crippen LogP) is 2.87. The van der Waals surface area contributed by atoms with Gasteiger partial charge in [0.15, 0.2) is 11.5 Å². The summed E-state index contributed by atoms with van der Waals surface area (Å²) in [6.07, 6.45) is 0. The molecule has 2 heterocycles. The molecule has 0 fully saturated rings. The third-order valence-corrected chi connectivity index (χ3v) is 4.86. The van der Waals surface area contributed by atoms with Crippen molar-refractivity contribution in [2.75, 3.05) is 31.8 Å². The minimum Gasteiger partial charge on any atom is -0.486 e. The van der Waals surface area contributed by atoms with Crippen LogP contribution in [0, 0.1) is 5.82 Å². The van der Waals surface area contributed by atoms with Crippen LogP contribution in [0.1, 0.15) is 15.9 Å². The van der Waals surface area contributed by atoms with Crippen molar-refractivity contribution < 1.29 is 23.5 Å². The summed E-state index contributed by atoms with van der Waals surface area (Å²) in [5.74, 6) is -0.710. The Morgan fingerprint density at radius 3 is 2.59 bits per heavy atom. The number of hydrogen-bond acceptors (Lipinski definition) is 5. The summed E-state index contributed by atoms with van der Waals surface area (Å²) >= 11 is 6.07. The molecule has 2 aromatic rings. The van der Waals surface area contributed by atoms with Crippen LogP contribution in [0.2, 0.25) is 5.02 Å². The van der Waals surface area contributed by atoms with Crippen molar-refractivity contribution in [1.29, 1.82) is 0 Å². The number of ether oxygens (including phenoxy) is 2. The van der Waals surface area contributed by atoms with E-state index in [1.165, 1.54) is 23.1 Å². The van der Waals surface area contributed by atoms with Crippen LogP contribution >= 0.6 is 11.6 Å². The highest BCUT2D eigenvalue weighted by molar-refractivity contribution is 6.52. The second-order valence-electron chi connectivity index (χ2n) is 6.43. The molecule has 0 atom stereocenters. The molecule has 0 radical (unpaired) electrons. The zero-order chi connectivity index (χ0) is 19.1. The normalized spacial score (nSPS) is 15.5. The van der Waals surface area contributed by atoms with Gasteiger partial charge in [-0.05, 0) is 25.2 Å². The molecule has 0 bridgehead atoms. The number of carbonyl (C=O) groups is 2. The minimum absolute atomic E-state index is 0.0991. The highest BCUT2D eigenvalue weighted by Crippen LogP contribution is 2.40. The maximum Gasteiger partial charge on any atom is 0.300 e. The largest absolute Gasteiger partial charge is 0.486 e. The number of fused-ring (bicyclic) bond motifs is 2. The fourth-order valence-corrected chi connectivity index (χ4v) is 3.44. The van der Waals surface area contributed by atoms with Gasteiger partial charge in [-0.2, -0.15) is 0 Å². The molecule has 2 aliphatic heterocycles. The van der Waals surface area contributed by atoms with Crippen molar-refractivity contribution in [2.45, 2.75) is 6.54 Å². The smallest absolute Gasteiger partial charge is 0.300 e. The van der Waals surface area contributed by atoms with Crippen molar-refractivity contribution in [2.24, 2.45) is 0 Å². The first-order valence-electron chi connectivity index (χ1n) is 8.37. The first-order valence-corrected chi connectivity index (χ1v) is 8.75. The first-order chi connectivity index (χ1) is 13.0.